The Labute approximate surface area is 110 Å². The third-order valence-electron chi connectivity index (χ3n) is 2.93. The largest absolute Gasteiger partial charge is 0.484 e. The number of nitrogen functional groups attached to an aromatic ring is 1. The van der Waals surface area contributed by atoms with Crippen LogP contribution in [0, 0.1) is 25.5 Å². The number of anilines is 1. The van der Waals surface area contributed by atoms with Gasteiger partial charge in [-0.05, 0) is 37.1 Å². The Balaban J connectivity index is 2.19. The highest BCUT2D eigenvalue weighted by molar-refractivity contribution is 5.53. The molecule has 2 N–H and O–H groups in total. The number of aromatic nitrogens is 1. The van der Waals surface area contributed by atoms with Crippen molar-refractivity contribution in [3.8, 4) is 5.75 Å². The van der Waals surface area contributed by atoms with Crippen LogP contribution >= 0.6 is 0 Å². The van der Waals surface area contributed by atoms with E-state index in [4.69, 9.17) is 10.5 Å². The molecular weight excluding hydrogens is 250 g/mol. The summed E-state index contributed by atoms with van der Waals surface area (Å²) in [5.41, 5.74) is 8.77. The van der Waals surface area contributed by atoms with Crippen LogP contribution in [0.2, 0.25) is 0 Å². The molecule has 0 atom stereocenters. The normalized spacial score (nSPS) is 10.5. The molecule has 1 heterocycles. The van der Waals surface area contributed by atoms with Gasteiger partial charge in [0.15, 0.2) is 11.6 Å². The lowest BCUT2D eigenvalue weighted by molar-refractivity contribution is 0.283. The first-order valence-electron chi connectivity index (χ1n) is 5.77. The molecule has 0 saturated heterocycles. The molecule has 2 rings (SSSR count). The maximum Gasteiger partial charge on any atom is 0.165 e. The van der Waals surface area contributed by atoms with Crippen LogP contribution in [0.5, 0.6) is 5.75 Å². The number of halogens is 2. The van der Waals surface area contributed by atoms with Gasteiger partial charge in [0.25, 0.3) is 0 Å². The van der Waals surface area contributed by atoms with Gasteiger partial charge in [0.2, 0.25) is 0 Å². The van der Waals surface area contributed by atoms with Gasteiger partial charge < -0.3 is 10.5 Å². The summed E-state index contributed by atoms with van der Waals surface area (Å²) in [5.74, 6) is -1.30. The fourth-order valence-electron chi connectivity index (χ4n) is 1.67. The highest BCUT2D eigenvalue weighted by atomic mass is 19.1. The minimum atomic E-state index is -0.612. The first-order valence-corrected chi connectivity index (χ1v) is 5.77. The van der Waals surface area contributed by atoms with Crippen molar-refractivity contribution >= 4 is 5.69 Å². The molecule has 0 aliphatic rings. The Kier molecular flexibility index (Phi) is 3.64. The Morgan fingerprint density at radius 2 is 2.00 bits per heavy atom. The maximum atomic E-state index is 13.4. The van der Waals surface area contributed by atoms with Crippen molar-refractivity contribution in [2.75, 3.05) is 5.73 Å². The van der Waals surface area contributed by atoms with Crippen LogP contribution in [0.3, 0.4) is 0 Å². The van der Waals surface area contributed by atoms with Gasteiger partial charge in [-0.2, -0.15) is 0 Å². The number of aryl methyl sites for hydroxylation is 1. The molecular formula is C14H14F2N2O. The van der Waals surface area contributed by atoms with Crippen molar-refractivity contribution in [2.24, 2.45) is 0 Å². The molecule has 0 unspecified atom stereocenters. The molecule has 0 spiro atoms. The van der Waals surface area contributed by atoms with Crippen molar-refractivity contribution in [2.45, 2.75) is 20.5 Å². The highest BCUT2D eigenvalue weighted by Gasteiger charge is 2.09. The first-order chi connectivity index (χ1) is 8.99. The van der Waals surface area contributed by atoms with E-state index in [1.807, 2.05) is 13.8 Å². The van der Waals surface area contributed by atoms with E-state index < -0.39 is 11.6 Å². The molecule has 0 radical (unpaired) electrons. The SMILES string of the molecule is Cc1cnc(COc2cc(F)ccc2F)c(C)c1N. The standard InChI is InChI=1S/C14H14F2N2O/c1-8-6-18-12(9(2)14(8)17)7-19-13-5-10(15)3-4-11(13)16/h3-6H,7H2,1-2H3,(H2,17,18). The molecule has 1 aromatic heterocycles. The van der Waals surface area contributed by atoms with Crippen molar-refractivity contribution in [1.82, 2.24) is 4.98 Å². The molecule has 19 heavy (non-hydrogen) atoms. The number of nitrogens with two attached hydrogens (primary N) is 1. The van der Waals surface area contributed by atoms with E-state index in [1.54, 1.807) is 6.20 Å². The van der Waals surface area contributed by atoms with E-state index in [9.17, 15) is 8.78 Å². The van der Waals surface area contributed by atoms with Crippen LogP contribution in [-0.4, -0.2) is 4.98 Å². The van der Waals surface area contributed by atoms with Crippen molar-refractivity contribution in [3.05, 3.63) is 52.9 Å². The molecule has 0 fully saturated rings. The minimum Gasteiger partial charge on any atom is -0.484 e. The number of nitrogens with zero attached hydrogens (tertiary/aromatic N) is 1. The predicted octanol–water partition coefficient (Wildman–Crippen LogP) is 3.14. The second kappa shape index (κ2) is 5.22. The van der Waals surface area contributed by atoms with Gasteiger partial charge in [-0.25, -0.2) is 8.78 Å². The molecule has 0 aliphatic heterocycles. The van der Waals surface area contributed by atoms with Gasteiger partial charge in [-0.3, -0.25) is 4.98 Å². The van der Waals surface area contributed by atoms with Gasteiger partial charge in [-0.1, -0.05) is 0 Å². The topological polar surface area (TPSA) is 48.1 Å². The fraction of sp³-hybridized carbons (Fsp3) is 0.214. The molecule has 0 amide bonds. The monoisotopic (exact) mass is 264 g/mol. The summed E-state index contributed by atoms with van der Waals surface area (Å²) < 4.78 is 31.6. The second-order valence-corrected chi connectivity index (χ2v) is 4.29. The van der Waals surface area contributed by atoms with Gasteiger partial charge in [0, 0.05) is 18.0 Å². The third kappa shape index (κ3) is 2.81. The summed E-state index contributed by atoms with van der Waals surface area (Å²) in [6.45, 7) is 3.71. The fourth-order valence-corrected chi connectivity index (χ4v) is 1.67. The quantitative estimate of drug-likeness (QED) is 0.926. The zero-order valence-corrected chi connectivity index (χ0v) is 10.7. The summed E-state index contributed by atoms with van der Waals surface area (Å²) in [6, 6.07) is 3.06. The molecule has 0 saturated carbocycles. The molecule has 0 bridgehead atoms. The molecule has 2 aromatic rings. The van der Waals surface area contributed by atoms with E-state index in [2.05, 4.69) is 4.98 Å². The lowest BCUT2D eigenvalue weighted by Gasteiger charge is -2.11. The average molecular weight is 264 g/mol. The summed E-state index contributed by atoms with van der Waals surface area (Å²) in [5, 5.41) is 0. The number of benzene rings is 1. The van der Waals surface area contributed by atoms with Crippen LogP contribution in [0.4, 0.5) is 14.5 Å². The van der Waals surface area contributed by atoms with Crippen LogP contribution in [0.1, 0.15) is 16.8 Å². The summed E-state index contributed by atoms with van der Waals surface area (Å²) >= 11 is 0. The number of hydrogen-bond donors (Lipinski definition) is 1. The first kappa shape index (κ1) is 13.3. The van der Waals surface area contributed by atoms with E-state index in [1.165, 1.54) is 0 Å². The average Bonchev–Trinajstić information content (AvgIpc) is 2.39. The Morgan fingerprint density at radius 1 is 1.26 bits per heavy atom. The number of hydrogen-bond acceptors (Lipinski definition) is 3. The number of rotatable bonds is 3. The Morgan fingerprint density at radius 3 is 2.74 bits per heavy atom. The van der Waals surface area contributed by atoms with E-state index in [0.717, 1.165) is 29.3 Å². The molecule has 3 nitrogen and oxygen atoms in total. The van der Waals surface area contributed by atoms with Gasteiger partial charge in [-0.15, -0.1) is 0 Å². The molecule has 5 heteroatoms. The Hall–Kier alpha value is -2.17. The summed E-state index contributed by atoms with van der Waals surface area (Å²) in [4.78, 5) is 4.18. The zero-order chi connectivity index (χ0) is 14.0. The van der Waals surface area contributed by atoms with Crippen molar-refractivity contribution in [3.63, 3.8) is 0 Å². The van der Waals surface area contributed by atoms with Crippen LogP contribution < -0.4 is 10.5 Å². The molecule has 100 valence electrons. The van der Waals surface area contributed by atoms with E-state index in [-0.39, 0.29) is 12.4 Å². The van der Waals surface area contributed by atoms with Crippen molar-refractivity contribution in [1.29, 1.82) is 0 Å². The number of ether oxygens (including phenoxy) is 1. The van der Waals surface area contributed by atoms with Gasteiger partial charge in [0.1, 0.15) is 12.4 Å². The Bertz CT molecular complexity index is 615. The third-order valence-corrected chi connectivity index (χ3v) is 2.93. The van der Waals surface area contributed by atoms with E-state index in [0.29, 0.717) is 11.4 Å². The highest BCUT2D eigenvalue weighted by Crippen LogP contribution is 2.22. The minimum absolute atomic E-state index is 0.0384. The lowest BCUT2D eigenvalue weighted by atomic mass is 10.1. The van der Waals surface area contributed by atoms with Crippen LogP contribution in [0.25, 0.3) is 0 Å². The van der Waals surface area contributed by atoms with Crippen LogP contribution in [0.15, 0.2) is 24.4 Å². The summed E-state index contributed by atoms with van der Waals surface area (Å²) in [6.07, 6.45) is 1.63. The predicted molar refractivity (Wildman–Crippen MR) is 68.8 cm³/mol. The smallest absolute Gasteiger partial charge is 0.165 e. The second-order valence-electron chi connectivity index (χ2n) is 4.29. The number of pyridine rings is 1. The van der Waals surface area contributed by atoms with E-state index >= 15 is 0 Å². The summed E-state index contributed by atoms with van der Waals surface area (Å²) in [7, 11) is 0. The van der Waals surface area contributed by atoms with Gasteiger partial charge in [0.05, 0.1) is 5.69 Å². The lowest BCUT2D eigenvalue weighted by Crippen LogP contribution is -2.06. The zero-order valence-electron chi connectivity index (χ0n) is 10.7. The van der Waals surface area contributed by atoms with Gasteiger partial charge >= 0.3 is 0 Å². The van der Waals surface area contributed by atoms with Crippen molar-refractivity contribution < 1.29 is 13.5 Å². The maximum absolute atomic E-state index is 13.4. The molecule has 1 aromatic carbocycles. The molecule has 0 aliphatic carbocycles. The van der Waals surface area contributed by atoms with Crippen LogP contribution in [-0.2, 0) is 6.61 Å².